The summed E-state index contributed by atoms with van der Waals surface area (Å²) in [5.74, 6) is -1.20. The van der Waals surface area contributed by atoms with E-state index in [0.29, 0.717) is 10.8 Å². The Kier molecular flexibility index (Phi) is 7.49. The third-order valence-corrected chi connectivity index (χ3v) is 3.56. The highest BCUT2D eigenvalue weighted by molar-refractivity contribution is 6.30. The van der Waals surface area contributed by atoms with E-state index >= 15 is 0 Å². The number of hydrazone groups is 1. The summed E-state index contributed by atoms with van der Waals surface area (Å²) in [6.07, 6.45) is 1.06. The van der Waals surface area contributed by atoms with Crippen molar-refractivity contribution in [1.82, 2.24) is 5.43 Å². The molecular formula is C18H16ClN3O7. The van der Waals surface area contributed by atoms with Crippen LogP contribution < -0.4 is 19.6 Å². The summed E-state index contributed by atoms with van der Waals surface area (Å²) in [6, 6.07) is 9.11. The molecule has 0 spiro atoms. The number of hydrogen-bond donors (Lipinski definition) is 1. The molecule has 0 saturated heterocycles. The number of halogens is 1. The maximum atomic E-state index is 11.8. The lowest BCUT2D eigenvalue weighted by Crippen LogP contribution is -2.24. The first-order valence-corrected chi connectivity index (χ1v) is 8.43. The van der Waals surface area contributed by atoms with Crippen molar-refractivity contribution in [3.8, 4) is 17.2 Å². The van der Waals surface area contributed by atoms with E-state index in [1.807, 2.05) is 0 Å². The average Bonchev–Trinajstić information content (AvgIpc) is 2.66. The largest absolute Gasteiger partial charge is 0.488 e. The van der Waals surface area contributed by atoms with Gasteiger partial charge in [-0.15, -0.1) is 0 Å². The number of carbonyl (C=O) groups is 2. The first-order valence-electron chi connectivity index (χ1n) is 8.06. The molecule has 2 rings (SSSR count). The minimum Gasteiger partial charge on any atom is -0.488 e. The van der Waals surface area contributed by atoms with Gasteiger partial charge in [-0.05, 0) is 30.3 Å². The average molecular weight is 422 g/mol. The van der Waals surface area contributed by atoms with Crippen molar-refractivity contribution < 1.29 is 28.7 Å². The molecule has 0 aromatic heterocycles. The number of ether oxygens (including phenoxy) is 3. The van der Waals surface area contributed by atoms with Crippen molar-refractivity contribution in [3.05, 3.63) is 57.1 Å². The summed E-state index contributed by atoms with van der Waals surface area (Å²) in [5.41, 5.74) is 1.74. The molecule has 11 heteroatoms. The lowest BCUT2D eigenvalue weighted by Gasteiger charge is -2.09. The summed E-state index contributed by atoms with van der Waals surface area (Å²) in [5, 5.41) is 15.6. The van der Waals surface area contributed by atoms with Crippen LogP contribution in [0, 0.1) is 10.1 Å². The van der Waals surface area contributed by atoms with E-state index in [4.69, 9.17) is 25.8 Å². The van der Waals surface area contributed by atoms with Gasteiger partial charge in [0.2, 0.25) is 5.75 Å². The molecule has 10 nitrogen and oxygen atoms in total. The van der Waals surface area contributed by atoms with Gasteiger partial charge in [0.05, 0.1) is 23.8 Å². The monoisotopic (exact) mass is 421 g/mol. The van der Waals surface area contributed by atoms with E-state index in [1.165, 1.54) is 19.2 Å². The molecule has 0 bridgehead atoms. The Labute approximate surface area is 170 Å². The van der Waals surface area contributed by atoms with Gasteiger partial charge in [0.1, 0.15) is 5.75 Å². The summed E-state index contributed by atoms with van der Waals surface area (Å²) in [6.45, 7) is 0.816. The normalized spacial score (nSPS) is 10.4. The van der Waals surface area contributed by atoms with Gasteiger partial charge in [-0.25, -0.2) is 5.43 Å². The Bertz CT molecular complexity index is 962. The Morgan fingerprint density at radius 1 is 1.31 bits per heavy atom. The predicted molar refractivity (Wildman–Crippen MR) is 104 cm³/mol. The van der Waals surface area contributed by atoms with E-state index in [0.717, 1.165) is 13.1 Å². The highest BCUT2D eigenvalue weighted by Crippen LogP contribution is 2.39. The van der Waals surface area contributed by atoms with Gasteiger partial charge in [-0.1, -0.05) is 17.7 Å². The van der Waals surface area contributed by atoms with Crippen LogP contribution in [0.4, 0.5) is 5.69 Å². The number of methoxy groups -OCH3 is 1. The van der Waals surface area contributed by atoms with Crippen LogP contribution in [0.3, 0.4) is 0 Å². The highest BCUT2D eigenvalue weighted by atomic mass is 35.5. The molecule has 29 heavy (non-hydrogen) atoms. The number of rotatable bonds is 8. The van der Waals surface area contributed by atoms with Crippen LogP contribution in [0.5, 0.6) is 17.2 Å². The molecule has 0 heterocycles. The molecule has 2 aromatic carbocycles. The van der Waals surface area contributed by atoms with E-state index in [9.17, 15) is 19.7 Å². The zero-order chi connectivity index (χ0) is 21.4. The van der Waals surface area contributed by atoms with Crippen molar-refractivity contribution in [2.45, 2.75) is 6.92 Å². The summed E-state index contributed by atoms with van der Waals surface area (Å²) < 4.78 is 15.2. The van der Waals surface area contributed by atoms with Crippen molar-refractivity contribution in [2.75, 3.05) is 13.7 Å². The van der Waals surface area contributed by atoms with Crippen LogP contribution in [0.1, 0.15) is 12.5 Å². The van der Waals surface area contributed by atoms with Gasteiger partial charge in [-0.2, -0.15) is 5.10 Å². The standard InChI is InChI=1S/C18H16ClN3O7/c1-11(23)29-15-7-6-12(17(22(25)26)18(15)27-2)9-20-21-16(24)10-28-14-5-3-4-13(19)8-14/h3-9H,10H2,1-2H3,(H,21,24). The molecule has 1 amide bonds. The van der Waals surface area contributed by atoms with Crippen LogP contribution in [0.2, 0.25) is 5.02 Å². The third kappa shape index (κ3) is 6.18. The van der Waals surface area contributed by atoms with Crippen LogP contribution in [-0.2, 0) is 9.59 Å². The number of nitrogens with zero attached hydrogens (tertiary/aromatic N) is 2. The molecule has 0 aliphatic heterocycles. The first kappa shape index (κ1) is 21.6. The van der Waals surface area contributed by atoms with Crippen molar-refractivity contribution >= 4 is 35.4 Å². The molecule has 0 saturated carbocycles. The second-order valence-corrected chi connectivity index (χ2v) is 5.86. The molecule has 0 fully saturated rings. The minimum atomic E-state index is -0.711. The Balaban J connectivity index is 2.09. The lowest BCUT2D eigenvalue weighted by atomic mass is 10.1. The molecule has 0 aliphatic carbocycles. The van der Waals surface area contributed by atoms with Gasteiger partial charge in [0.25, 0.3) is 5.91 Å². The zero-order valence-corrected chi connectivity index (χ0v) is 16.1. The number of benzene rings is 2. The fourth-order valence-corrected chi connectivity index (χ4v) is 2.38. The number of carbonyl (C=O) groups excluding carboxylic acids is 2. The maximum absolute atomic E-state index is 11.8. The van der Waals surface area contributed by atoms with E-state index in [-0.39, 0.29) is 23.7 Å². The number of hydrogen-bond acceptors (Lipinski definition) is 8. The number of esters is 1. The molecule has 1 N–H and O–H groups in total. The summed E-state index contributed by atoms with van der Waals surface area (Å²) in [4.78, 5) is 33.7. The second kappa shape index (κ2) is 10.0. The van der Waals surface area contributed by atoms with Crippen LogP contribution in [-0.4, -0.2) is 36.7 Å². The van der Waals surface area contributed by atoms with Crippen LogP contribution in [0.25, 0.3) is 0 Å². The van der Waals surface area contributed by atoms with Crippen molar-refractivity contribution in [3.63, 3.8) is 0 Å². The molecular weight excluding hydrogens is 406 g/mol. The van der Waals surface area contributed by atoms with Gasteiger partial charge in [0, 0.05) is 11.9 Å². The zero-order valence-electron chi connectivity index (χ0n) is 15.4. The van der Waals surface area contributed by atoms with Crippen molar-refractivity contribution in [2.24, 2.45) is 5.10 Å². The Morgan fingerprint density at radius 3 is 2.69 bits per heavy atom. The first-order chi connectivity index (χ1) is 13.8. The molecule has 0 aliphatic rings. The van der Waals surface area contributed by atoms with Gasteiger partial charge < -0.3 is 14.2 Å². The van der Waals surface area contributed by atoms with E-state index in [2.05, 4.69) is 10.5 Å². The van der Waals surface area contributed by atoms with E-state index < -0.39 is 22.5 Å². The van der Waals surface area contributed by atoms with E-state index in [1.54, 1.807) is 24.3 Å². The molecule has 152 valence electrons. The molecule has 2 aromatic rings. The van der Waals surface area contributed by atoms with Crippen LogP contribution in [0.15, 0.2) is 41.5 Å². The maximum Gasteiger partial charge on any atom is 0.323 e. The van der Waals surface area contributed by atoms with Gasteiger partial charge in [-0.3, -0.25) is 19.7 Å². The summed E-state index contributed by atoms with van der Waals surface area (Å²) >= 11 is 5.82. The third-order valence-electron chi connectivity index (χ3n) is 3.33. The minimum absolute atomic E-state index is 0.0267. The fourth-order valence-electron chi connectivity index (χ4n) is 2.20. The molecule has 0 atom stereocenters. The Hall–Kier alpha value is -3.66. The topological polar surface area (TPSA) is 129 Å². The lowest BCUT2D eigenvalue weighted by molar-refractivity contribution is -0.385. The number of nitrogens with one attached hydrogen (secondary N) is 1. The number of amides is 1. The van der Waals surface area contributed by atoms with Crippen LogP contribution >= 0.6 is 11.6 Å². The number of nitro benzene ring substituents is 1. The predicted octanol–water partition coefficient (Wildman–Crippen LogP) is 2.71. The SMILES string of the molecule is COc1c(OC(C)=O)ccc(C=NNC(=O)COc2cccc(Cl)c2)c1[N+](=O)[O-]. The fraction of sp³-hybridized carbons (Fsp3) is 0.167. The molecule has 0 unspecified atom stereocenters. The van der Waals surface area contributed by atoms with Crippen molar-refractivity contribution in [1.29, 1.82) is 0 Å². The Morgan fingerprint density at radius 2 is 2.07 bits per heavy atom. The quantitative estimate of drug-likeness (QED) is 0.228. The van der Waals surface area contributed by atoms with Gasteiger partial charge in [0.15, 0.2) is 12.4 Å². The molecule has 0 radical (unpaired) electrons. The highest BCUT2D eigenvalue weighted by Gasteiger charge is 2.25. The summed E-state index contributed by atoms with van der Waals surface area (Å²) in [7, 11) is 1.20. The number of nitro groups is 1. The second-order valence-electron chi connectivity index (χ2n) is 5.42. The van der Waals surface area contributed by atoms with Gasteiger partial charge >= 0.3 is 11.7 Å². The smallest absolute Gasteiger partial charge is 0.323 e.